The Kier molecular flexibility index (Phi) is 7.40. The van der Waals surface area contributed by atoms with Crippen molar-refractivity contribution in [1.29, 1.82) is 0 Å². The van der Waals surface area contributed by atoms with Gasteiger partial charge in [0.2, 0.25) is 0 Å². The zero-order valence-electron chi connectivity index (χ0n) is 36.2. The maximum atomic E-state index is 5.60. The van der Waals surface area contributed by atoms with Gasteiger partial charge in [0.05, 0.1) is 38.5 Å². The maximum absolute atomic E-state index is 5.60. The maximum Gasteiger partial charge on any atom is 0.165 e. The molecule has 4 aromatic heterocycles. The summed E-state index contributed by atoms with van der Waals surface area (Å²) >= 11 is 0. The van der Waals surface area contributed by atoms with Crippen molar-refractivity contribution < 1.29 is 0 Å². The van der Waals surface area contributed by atoms with Crippen molar-refractivity contribution >= 4 is 71.2 Å². The normalized spacial score (nSPS) is 13.2. The average Bonchev–Trinajstić information content (AvgIpc) is 4.11. The molecule has 67 heavy (non-hydrogen) atoms. The van der Waals surface area contributed by atoms with Crippen LogP contribution in [0.5, 0.6) is 0 Å². The van der Waals surface area contributed by atoms with Crippen molar-refractivity contribution in [2.75, 3.05) is 0 Å². The SMILES string of the molecule is c1ccc(-n2c3ccccc3c3ccc(-c4cccc5nc6c7cccc8c9cc(-c%10ccc%11c(c%10)-c%10ccccc%10C%11(c%10ccccc%10)c%10ccccc%10)ccc9n(c6nc45)c87)cc32)cc1. The minimum Gasteiger partial charge on any atom is -0.309 e. The van der Waals surface area contributed by atoms with Crippen LogP contribution in [0.1, 0.15) is 22.3 Å². The first kappa shape index (κ1) is 36.5. The number of nitrogens with zero attached hydrogens (tertiary/aromatic N) is 4. The topological polar surface area (TPSA) is 35.1 Å². The fourth-order valence-electron chi connectivity index (χ4n) is 11.9. The first-order chi connectivity index (χ1) is 33.2. The third-order valence-electron chi connectivity index (χ3n) is 14.7. The molecule has 15 rings (SSSR count). The number of fused-ring (bicyclic) bond motifs is 13. The van der Waals surface area contributed by atoms with Crippen molar-refractivity contribution in [2.24, 2.45) is 0 Å². The molecule has 4 heterocycles. The molecule has 14 aromatic rings. The molecule has 4 nitrogen and oxygen atoms in total. The van der Waals surface area contributed by atoms with Crippen molar-refractivity contribution in [3.63, 3.8) is 0 Å². The third-order valence-corrected chi connectivity index (χ3v) is 14.7. The molecule has 1 aliphatic rings. The van der Waals surface area contributed by atoms with Crippen LogP contribution in [0.3, 0.4) is 0 Å². The lowest BCUT2D eigenvalue weighted by Gasteiger charge is -2.33. The highest BCUT2D eigenvalue weighted by Crippen LogP contribution is 2.57. The summed E-state index contributed by atoms with van der Waals surface area (Å²) in [4.78, 5) is 11.0. The van der Waals surface area contributed by atoms with Gasteiger partial charge in [0.25, 0.3) is 0 Å². The molecule has 4 heteroatoms. The van der Waals surface area contributed by atoms with E-state index in [1.807, 2.05) is 0 Å². The molecular weight excluding hydrogens is 813 g/mol. The number of benzene rings is 10. The Labute approximate surface area is 385 Å². The molecule has 0 saturated heterocycles. The van der Waals surface area contributed by atoms with E-state index in [1.54, 1.807) is 0 Å². The monoisotopic (exact) mass is 850 g/mol. The number of para-hydroxylation sites is 4. The van der Waals surface area contributed by atoms with E-state index in [1.165, 1.54) is 71.6 Å². The Morgan fingerprint density at radius 1 is 0.343 bits per heavy atom. The van der Waals surface area contributed by atoms with Crippen molar-refractivity contribution in [3.05, 3.63) is 253 Å². The predicted octanol–water partition coefficient (Wildman–Crippen LogP) is 15.6. The summed E-state index contributed by atoms with van der Waals surface area (Å²) in [5.74, 6) is 0. The quantitative estimate of drug-likeness (QED) is 0.173. The molecular formula is C63H38N4. The molecule has 0 N–H and O–H groups in total. The number of hydrogen-bond donors (Lipinski definition) is 0. The molecule has 0 radical (unpaired) electrons. The van der Waals surface area contributed by atoms with Gasteiger partial charge in [-0.1, -0.05) is 182 Å². The van der Waals surface area contributed by atoms with Crippen LogP contribution in [0.2, 0.25) is 0 Å². The Morgan fingerprint density at radius 2 is 0.970 bits per heavy atom. The van der Waals surface area contributed by atoms with E-state index < -0.39 is 5.41 Å². The second-order valence-electron chi connectivity index (χ2n) is 18.0. The minimum absolute atomic E-state index is 0.425. The molecule has 0 fully saturated rings. The lowest BCUT2D eigenvalue weighted by atomic mass is 9.67. The molecule has 1 aliphatic carbocycles. The summed E-state index contributed by atoms with van der Waals surface area (Å²) in [7, 11) is 0. The lowest BCUT2D eigenvalue weighted by molar-refractivity contribution is 0.768. The van der Waals surface area contributed by atoms with E-state index in [0.29, 0.717) is 0 Å². The van der Waals surface area contributed by atoms with Gasteiger partial charge >= 0.3 is 0 Å². The van der Waals surface area contributed by atoms with Crippen LogP contribution >= 0.6 is 0 Å². The number of hydrogen-bond acceptors (Lipinski definition) is 2. The molecule has 0 spiro atoms. The number of aromatic nitrogens is 4. The lowest BCUT2D eigenvalue weighted by Crippen LogP contribution is -2.28. The Hall–Kier alpha value is -8.86. The molecule has 0 bridgehead atoms. The van der Waals surface area contributed by atoms with E-state index in [-0.39, 0.29) is 0 Å². The van der Waals surface area contributed by atoms with E-state index in [9.17, 15) is 0 Å². The van der Waals surface area contributed by atoms with Crippen LogP contribution in [-0.4, -0.2) is 18.9 Å². The van der Waals surface area contributed by atoms with Gasteiger partial charge in [-0.15, -0.1) is 0 Å². The molecule has 0 unspecified atom stereocenters. The van der Waals surface area contributed by atoms with Crippen molar-refractivity contribution in [2.45, 2.75) is 5.41 Å². The van der Waals surface area contributed by atoms with Gasteiger partial charge in [-0.2, -0.15) is 0 Å². The molecule has 0 saturated carbocycles. The number of rotatable bonds is 5. The third kappa shape index (κ3) is 4.91. The van der Waals surface area contributed by atoms with E-state index in [4.69, 9.17) is 9.97 Å². The smallest absolute Gasteiger partial charge is 0.165 e. The van der Waals surface area contributed by atoms with Gasteiger partial charge in [-0.3, -0.25) is 4.40 Å². The van der Waals surface area contributed by atoms with Gasteiger partial charge in [0.15, 0.2) is 5.65 Å². The zero-order chi connectivity index (χ0) is 43.8. The van der Waals surface area contributed by atoms with Crippen LogP contribution < -0.4 is 0 Å². The van der Waals surface area contributed by atoms with Crippen LogP contribution in [-0.2, 0) is 5.41 Å². The summed E-state index contributed by atoms with van der Waals surface area (Å²) in [5.41, 5.74) is 21.2. The van der Waals surface area contributed by atoms with Gasteiger partial charge < -0.3 is 4.57 Å². The van der Waals surface area contributed by atoms with E-state index in [0.717, 1.165) is 60.9 Å². The molecule has 310 valence electrons. The molecule has 0 amide bonds. The fraction of sp³-hybridized carbons (Fsp3) is 0.0159. The standard InChI is InChI=1S/C63H38N4/c1-4-16-42(17-5-1)63(43-18-6-2-7-19-43)53-27-12-10-22-46(53)51-36-39(31-34-54(51)63)40-32-35-57-52(37-40)49-25-14-26-50-60-62(67(57)61(49)50)65-59-45(24-15-28-55(59)64-60)41-30-33-48-47-23-11-13-29-56(47)66(58(48)38-41)44-20-8-3-9-21-44/h1-38H. The summed E-state index contributed by atoms with van der Waals surface area (Å²) in [5, 5.41) is 5.99. The molecule has 0 aliphatic heterocycles. The highest BCUT2D eigenvalue weighted by Gasteiger charge is 2.46. The summed E-state index contributed by atoms with van der Waals surface area (Å²) < 4.78 is 4.73. The highest BCUT2D eigenvalue weighted by atomic mass is 15.0. The highest BCUT2D eigenvalue weighted by molar-refractivity contribution is 6.23. The summed E-state index contributed by atoms with van der Waals surface area (Å²) in [6.07, 6.45) is 0. The molecule has 10 aromatic carbocycles. The van der Waals surface area contributed by atoms with Gasteiger partial charge in [0.1, 0.15) is 5.52 Å². The van der Waals surface area contributed by atoms with Crippen LogP contribution in [0.4, 0.5) is 0 Å². The van der Waals surface area contributed by atoms with Crippen molar-refractivity contribution in [3.8, 4) is 39.1 Å². The predicted molar refractivity (Wildman–Crippen MR) is 277 cm³/mol. The summed E-state index contributed by atoms with van der Waals surface area (Å²) in [6.45, 7) is 0. The first-order valence-corrected chi connectivity index (χ1v) is 23.1. The Morgan fingerprint density at radius 3 is 1.81 bits per heavy atom. The average molecular weight is 851 g/mol. The largest absolute Gasteiger partial charge is 0.309 e. The van der Waals surface area contributed by atoms with Gasteiger partial charge in [0, 0.05) is 38.2 Å². The molecule has 0 atom stereocenters. The van der Waals surface area contributed by atoms with Crippen LogP contribution in [0.25, 0.3) is 110 Å². The second kappa shape index (κ2) is 13.6. The Balaban J connectivity index is 0.909. The zero-order valence-corrected chi connectivity index (χ0v) is 36.2. The van der Waals surface area contributed by atoms with E-state index in [2.05, 4.69) is 239 Å². The Bertz CT molecular complexity index is 4280. The van der Waals surface area contributed by atoms with E-state index >= 15 is 0 Å². The van der Waals surface area contributed by atoms with Gasteiger partial charge in [-0.05, 0) is 98.6 Å². The fourth-order valence-corrected chi connectivity index (χ4v) is 11.9. The van der Waals surface area contributed by atoms with Crippen LogP contribution in [0, 0.1) is 0 Å². The summed E-state index contributed by atoms with van der Waals surface area (Å²) in [6, 6.07) is 84.3. The van der Waals surface area contributed by atoms with Crippen LogP contribution in [0.15, 0.2) is 231 Å². The minimum atomic E-state index is -0.425. The van der Waals surface area contributed by atoms with Gasteiger partial charge in [-0.25, -0.2) is 9.97 Å². The first-order valence-electron chi connectivity index (χ1n) is 23.1. The second-order valence-corrected chi connectivity index (χ2v) is 18.0. The van der Waals surface area contributed by atoms with Crippen molar-refractivity contribution in [1.82, 2.24) is 18.9 Å².